The van der Waals surface area contributed by atoms with Gasteiger partial charge in [0.05, 0.1) is 25.0 Å². The van der Waals surface area contributed by atoms with Crippen LogP contribution in [0.1, 0.15) is 111 Å². The maximum absolute atomic E-state index is 12.5. The van der Waals surface area contributed by atoms with Gasteiger partial charge in [-0.25, -0.2) is 0 Å². The summed E-state index contributed by atoms with van der Waals surface area (Å²) in [6.45, 7) is 9.48. The van der Waals surface area contributed by atoms with Crippen molar-refractivity contribution in [1.82, 2.24) is 0 Å². The molecule has 0 aromatic carbocycles. The third kappa shape index (κ3) is 13.7. The largest absolute Gasteiger partial charge is 0.465 e. The van der Waals surface area contributed by atoms with E-state index in [1.165, 1.54) is 25.7 Å². The van der Waals surface area contributed by atoms with E-state index < -0.39 is 0 Å². The van der Waals surface area contributed by atoms with Crippen LogP contribution in [0.2, 0.25) is 0 Å². The Hall–Kier alpha value is -1.06. The van der Waals surface area contributed by atoms with Gasteiger partial charge in [-0.15, -0.1) is 0 Å². The molecular formula is C23H44O4. The molecule has 2 atom stereocenters. The monoisotopic (exact) mass is 384 g/mol. The molecule has 0 heterocycles. The van der Waals surface area contributed by atoms with Gasteiger partial charge in [-0.3, -0.25) is 9.59 Å². The summed E-state index contributed by atoms with van der Waals surface area (Å²) < 4.78 is 11.0. The molecule has 0 amide bonds. The van der Waals surface area contributed by atoms with Crippen molar-refractivity contribution in [2.75, 3.05) is 13.2 Å². The first kappa shape index (κ1) is 25.9. The summed E-state index contributed by atoms with van der Waals surface area (Å²) in [7, 11) is 0. The van der Waals surface area contributed by atoms with E-state index in [0.717, 1.165) is 51.4 Å². The van der Waals surface area contributed by atoms with E-state index in [9.17, 15) is 9.59 Å². The van der Waals surface area contributed by atoms with Crippen LogP contribution in [-0.4, -0.2) is 25.2 Å². The molecule has 0 N–H and O–H groups in total. The van der Waals surface area contributed by atoms with E-state index in [0.29, 0.717) is 19.6 Å². The van der Waals surface area contributed by atoms with E-state index in [2.05, 4.69) is 27.7 Å². The van der Waals surface area contributed by atoms with Crippen LogP contribution < -0.4 is 0 Å². The Morgan fingerprint density at radius 3 is 1.33 bits per heavy atom. The van der Waals surface area contributed by atoms with Gasteiger partial charge >= 0.3 is 11.9 Å². The minimum Gasteiger partial charge on any atom is -0.465 e. The molecule has 0 aromatic heterocycles. The lowest BCUT2D eigenvalue weighted by Crippen LogP contribution is -2.26. The SMILES string of the molecule is CCCCCCOC(=O)C(CCC)CC(CCC)C(=O)OCCCCCC. The summed E-state index contributed by atoms with van der Waals surface area (Å²) in [6, 6.07) is 0. The number of esters is 2. The maximum Gasteiger partial charge on any atom is 0.308 e. The second-order valence-corrected chi connectivity index (χ2v) is 7.66. The van der Waals surface area contributed by atoms with Gasteiger partial charge in [-0.1, -0.05) is 79.1 Å². The number of hydrogen-bond donors (Lipinski definition) is 0. The summed E-state index contributed by atoms with van der Waals surface area (Å²) in [5, 5.41) is 0. The lowest BCUT2D eigenvalue weighted by atomic mass is 9.88. The zero-order chi connectivity index (χ0) is 20.3. The summed E-state index contributed by atoms with van der Waals surface area (Å²) >= 11 is 0. The predicted molar refractivity (Wildman–Crippen MR) is 112 cm³/mol. The average molecular weight is 385 g/mol. The smallest absolute Gasteiger partial charge is 0.308 e. The molecule has 4 nitrogen and oxygen atoms in total. The quantitative estimate of drug-likeness (QED) is 0.201. The van der Waals surface area contributed by atoms with Gasteiger partial charge in [0.2, 0.25) is 0 Å². The molecule has 0 rings (SSSR count). The molecule has 0 aliphatic heterocycles. The van der Waals surface area contributed by atoms with Crippen LogP contribution in [0, 0.1) is 11.8 Å². The zero-order valence-corrected chi connectivity index (χ0v) is 18.4. The van der Waals surface area contributed by atoms with Crippen molar-refractivity contribution in [2.45, 2.75) is 111 Å². The van der Waals surface area contributed by atoms with Crippen LogP contribution in [0.3, 0.4) is 0 Å². The van der Waals surface area contributed by atoms with Crippen LogP contribution in [0.15, 0.2) is 0 Å². The van der Waals surface area contributed by atoms with Crippen molar-refractivity contribution >= 4 is 11.9 Å². The van der Waals surface area contributed by atoms with E-state index in [1.807, 2.05) is 0 Å². The van der Waals surface area contributed by atoms with Gasteiger partial charge in [-0.2, -0.15) is 0 Å². The molecule has 0 aliphatic rings. The Morgan fingerprint density at radius 1 is 0.593 bits per heavy atom. The minimum atomic E-state index is -0.189. The number of carbonyl (C=O) groups is 2. The van der Waals surface area contributed by atoms with Crippen molar-refractivity contribution in [2.24, 2.45) is 11.8 Å². The Kier molecular flexibility index (Phi) is 17.6. The fourth-order valence-corrected chi connectivity index (χ4v) is 3.34. The molecule has 0 saturated carbocycles. The van der Waals surface area contributed by atoms with E-state index in [4.69, 9.17) is 9.47 Å². The van der Waals surface area contributed by atoms with E-state index in [-0.39, 0.29) is 23.8 Å². The highest BCUT2D eigenvalue weighted by Gasteiger charge is 2.28. The second-order valence-electron chi connectivity index (χ2n) is 7.66. The fourth-order valence-electron chi connectivity index (χ4n) is 3.34. The number of rotatable bonds is 18. The Morgan fingerprint density at radius 2 is 1.00 bits per heavy atom. The first-order chi connectivity index (χ1) is 13.1. The summed E-state index contributed by atoms with van der Waals surface area (Å²) in [4.78, 5) is 25.0. The normalized spacial score (nSPS) is 13.2. The first-order valence-corrected chi connectivity index (χ1v) is 11.4. The molecule has 0 fully saturated rings. The Balaban J connectivity index is 4.48. The summed E-state index contributed by atoms with van der Waals surface area (Å²) in [5.74, 6) is -0.647. The highest BCUT2D eigenvalue weighted by molar-refractivity contribution is 5.76. The van der Waals surface area contributed by atoms with Gasteiger partial charge < -0.3 is 9.47 Å². The number of carbonyl (C=O) groups excluding carboxylic acids is 2. The van der Waals surface area contributed by atoms with Crippen LogP contribution in [0.5, 0.6) is 0 Å². The Bertz CT molecular complexity index is 333. The van der Waals surface area contributed by atoms with Crippen LogP contribution >= 0.6 is 0 Å². The highest BCUT2D eigenvalue weighted by Crippen LogP contribution is 2.24. The third-order valence-electron chi connectivity index (χ3n) is 4.99. The minimum absolute atomic E-state index is 0.134. The molecule has 0 radical (unpaired) electrons. The average Bonchev–Trinajstić information content (AvgIpc) is 2.66. The molecular weight excluding hydrogens is 340 g/mol. The first-order valence-electron chi connectivity index (χ1n) is 11.4. The van der Waals surface area contributed by atoms with Crippen molar-refractivity contribution < 1.29 is 19.1 Å². The molecule has 0 aliphatic carbocycles. The molecule has 27 heavy (non-hydrogen) atoms. The molecule has 0 aromatic rings. The molecule has 4 heteroatoms. The summed E-state index contributed by atoms with van der Waals surface area (Å²) in [6.07, 6.45) is 12.7. The van der Waals surface area contributed by atoms with Gasteiger partial charge in [-0.05, 0) is 32.1 Å². The highest BCUT2D eigenvalue weighted by atomic mass is 16.5. The lowest BCUT2D eigenvalue weighted by Gasteiger charge is -2.21. The second kappa shape index (κ2) is 18.3. The van der Waals surface area contributed by atoms with Gasteiger partial charge in [0, 0.05) is 0 Å². The zero-order valence-electron chi connectivity index (χ0n) is 18.4. The molecule has 0 spiro atoms. The molecule has 2 unspecified atom stereocenters. The standard InChI is InChI=1S/C23H44O4/c1-5-9-11-13-17-26-22(24)20(15-7-3)19-21(16-8-4)23(25)27-18-14-12-10-6-2/h20-21H,5-19H2,1-4H3. The van der Waals surface area contributed by atoms with Crippen molar-refractivity contribution in [3.8, 4) is 0 Å². The van der Waals surface area contributed by atoms with E-state index in [1.54, 1.807) is 0 Å². The Labute approximate surface area is 167 Å². The predicted octanol–water partition coefficient (Wildman–Crippen LogP) is 6.46. The topological polar surface area (TPSA) is 52.6 Å². The van der Waals surface area contributed by atoms with Crippen LogP contribution in [0.4, 0.5) is 0 Å². The molecule has 0 bridgehead atoms. The third-order valence-corrected chi connectivity index (χ3v) is 4.99. The summed E-state index contributed by atoms with van der Waals surface area (Å²) in [5.41, 5.74) is 0. The van der Waals surface area contributed by atoms with Gasteiger partial charge in [0.1, 0.15) is 0 Å². The molecule has 0 saturated heterocycles. The van der Waals surface area contributed by atoms with Gasteiger partial charge in [0.25, 0.3) is 0 Å². The van der Waals surface area contributed by atoms with Crippen molar-refractivity contribution in [1.29, 1.82) is 0 Å². The maximum atomic E-state index is 12.5. The van der Waals surface area contributed by atoms with Gasteiger partial charge in [0.15, 0.2) is 0 Å². The fraction of sp³-hybridized carbons (Fsp3) is 0.913. The van der Waals surface area contributed by atoms with Crippen LogP contribution in [0.25, 0.3) is 0 Å². The lowest BCUT2D eigenvalue weighted by molar-refractivity contribution is -0.153. The van der Waals surface area contributed by atoms with Crippen molar-refractivity contribution in [3.05, 3.63) is 0 Å². The number of ether oxygens (including phenoxy) is 2. The van der Waals surface area contributed by atoms with E-state index >= 15 is 0 Å². The number of hydrogen-bond acceptors (Lipinski definition) is 4. The number of unbranched alkanes of at least 4 members (excludes halogenated alkanes) is 6. The molecule has 160 valence electrons. The van der Waals surface area contributed by atoms with Crippen LogP contribution in [-0.2, 0) is 19.1 Å². The van der Waals surface area contributed by atoms with Crippen molar-refractivity contribution in [3.63, 3.8) is 0 Å².